The van der Waals surface area contributed by atoms with Gasteiger partial charge in [-0.05, 0) is 61.5 Å². The number of nitrogens with zero attached hydrogens (tertiary/aromatic N) is 2. The number of ether oxygens (including phenoxy) is 1. The van der Waals surface area contributed by atoms with Crippen LogP contribution in [0, 0.1) is 5.92 Å². The zero-order valence-corrected chi connectivity index (χ0v) is 26.6. The van der Waals surface area contributed by atoms with Crippen molar-refractivity contribution in [3.05, 3.63) is 42.0 Å². The van der Waals surface area contributed by atoms with Gasteiger partial charge in [0, 0.05) is 32.0 Å². The Balaban J connectivity index is 1.64. The number of methoxy groups -OCH3 is 1. The largest absolute Gasteiger partial charge is 0.497 e. The molecule has 2 aliphatic heterocycles. The number of fused-ring (bicyclic) bond motifs is 2. The van der Waals surface area contributed by atoms with E-state index < -0.39 is 25.8 Å². The second-order valence-corrected chi connectivity index (χ2v) is 18.1. The summed E-state index contributed by atoms with van der Waals surface area (Å²) >= 11 is 0. The average Bonchev–Trinajstić information content (AvgIpc) is 3.44. The molecule has 1 aromatic carbocycles. The highest BCUT2D eigenvalue weighted by molar-refractivity contribution is 6.74. The van der Waals surface area contributed by atoms with Crippen LogP contribution in [0.4, 0.5) is 4.79 Å². The van der Waals surface area contributed by atoms with Gasteiger partial charge in [0.15, 0.2) is 8.32 Å². The van der Waals surface area contributed by atoms with Crippen molar-refractivity contribution in [3.8, 4) is 5.75 Å². The van der Waals surface area contributed by atoms with Crippen molar-refractivity contribution < 1.29 is 23.5 Å². The van der Waals surface area contributed by atoms with Gasteiger partial charge in [0.05, 0.1) is 13.2 Å². The van der Waals surface area contributed by atoms with Crippen molar-refractivity contribution in [2.45, 2.75) is 102 Å². The summed E-state index contributed by atoms with van der Waals surface area (Å²) in [7, 11) is -0.533. The first-order chi connectivity index (χ1) is 19.3. The van der Waals surface area contributed by atoms with Crippen LogP contribution in [0.1, 0.15) is 64.9 Å². The Labute approximate surface area is 245 Å². The molecule has 4 unspecified atom stereocenters. The van der Waals surface area contributed by atoms with Crippen molar-refractivity contribution in [3.63, 3.8) is 0 Å². The SMILES string of the molecule is COc1ccc(CN2CCCCCC=CC3CC3(C(N)=O)NC(=O)C3CC(O[Si](C)(C)C(C)(C)C)CN3C2=O)cc1. The van der Waals surface area contributed by atoms with Gasteiger partial charge in [-0.1, -0.05) is 51.5 Å². The van der Waals surface area contributed by atoms with Crippen LogP contribution in [-0.4, -0.2) is 73.8 Å². The van der Waals surface area contributed by atoms with E-state index in [1.807, 2.05) is 35.2 Å². The van der Waals surface area contributed by atoms with E-state index in [-0.39, 0.29) is 29.0 Å². The number of allylic oxidation sites excluding steroid dienone is 1. The maximum Gasteiger partial charge on any atom is 0.321 e. The van der Waals surface area contributed by atoms with Crippen LogP contribution < -0.4 is 15.8 Å². The fraction of sp³-hybridized carbons (Fsp3) is 0.645. The highest BCUT2D eigenvalue weighted by Gasteiger charge is 2.60. The number of hydrogen-bond donors (Lipinski definition) is 2. The Morgan fingerprint density at radius 3 is 2.49 bits per heavy atom. The number of carbonyl (C=O) groups excluding carboxylic acids is 3. The number of carbonyl (C=O) groups is 3. The Hall–Kier alpha value is -2.85. The monoisotopic (exact) mass is 584 g/mol. The molecule has 4 amide bonds. The maximum absolute atomic E-state index is 14.3. The molecule has 0 bridgehead atoms. The molecule has 0 radical (unpaired) electrons. The molecule has 1 saturated carbocycles. The second kappa shape index (κ2) is 12.2. The molecule has 2 heterocycles. The number of benzene rings is 1. The summed E-state index contributed by atoms with van der Waals surface area (Å²) in [6, 6.07) is 6.79. The van der Waals surface area contributed by atoms with Gasteiger partial charge < -0.3 is 30.0 Å². The molecule has 1 aromatic rings. The standard InChI is InChI=1S/C31H48N4O5Si/c1-30(2,3)41(5,6)40-25-18-26-27(36)33-31(28(32)37)19-23(31)12-10-8-7-9-11-17-34(29(38)35(26)21-25)20-22-13-15-24(39-4)16-14-22/h10,12-16,23,25-26H,7-9,11,17-21H2,1-6H3,(H2,32,37)(H,33,36). The number of amides is 4. The summed E-state index contributed by atoms with van der Waals surface area (Å²) in [6.07, 6.45) is 8.41. The highest BCUT2D eigenvalue weighted by Crippen LogP contribution is 2.45. The van der Waals surface area contributed by atoms with Crippen molar-refractivity contribution in [2.75, 3.05) is 20.2 Å². The summed E-state index contributed by atoms with van der Waals surface area (Å²) in [5, 5.41) is 2.97. The van der Waals surface area contributed by atoms with Crippen molar-refractivity contribution >= 4 is 26.2 Å². The molecule has 10 heteroatoms. The van der Waals surface area contributed by atoms with Crippen LogP contribution in [-0.2, 0) is 20.6 Å². The van der Waals surface area contributed by atoms with Crippen molar-refractivity contribution in [1.29, 1.82) is 0 Å². The van der Waals surface area contributed by atoms with Gasteiger partial charge in [-0.2, -0.15) is 0 Å². The molecule has 4 rings (SSSR count). The van der Waals surface area contributed by atoms with Crippen LogP contribution in [0.2, 0.25) is 18.1 Å². The Bertz CT molecular complexity index is 1150. The third kappa shape index (κ3) is 6.97. The van der Waals surface area contributed by atoms with E-state index in [2.05, 4.69) is 45.3 Å². The fourth-order valence-electron chi connectivity index (χ4n) is 5.63. The number of urea groups is 1. The third-order valence-corrected chi connectivity index (χ3v) is 13.9. The van der Waals surface area contributed by atoms with Gasteiger partial charge in [0.2, 0.25) is 11.8 Å². The minimum absolute atomic E-state index is 0.0139. The molecular weight excluding hydrogens is 536 g/mol. The first kappa shape index (κ1) is 31.1. The third-order valence-electron chi connectivity index (χ3n) is 9.35. The molecule has 9 nitrogen and oxygen atoms in total. The van der Waals surface area contributed by atoms with Crippen molar-refractivity contribution in [2.24, 2.45) is 11.7 Å². The predicted molar refractivity (Wildman–Crippen MR) is 162 cm³/mol. The molecule has 0 spiro atoms. The number of nitrogens with two attached hydrogens (primary N) is 1. The first-order valence-corrected chi connectivity index (χ1v) is 17.8. The number of hydrogen-bond acceptors (Lipinski definition) is 5. The van der Waals surface area contributed by atoms with Gasteiger partial charge in [0.1, 0.15) is 17.3 Å². The van der Waals surface area contributed by atoms with Gasteiger partial charge >= 0.3 is 6.03 Å². The lowest BCUT2D eigenvalue weighted by Gasteiger charge is -2.38. The minimum atomic E-state index is -2.16. The first-order valence-electron chi connectivity index (χ1n) is 14.9. The van der Waals surface area contributed by atoms with E-state index in [1.54, 1.807) is 12.0 Å². The van der Waals surface area contributed by atoms with E-state index in [0.717, 1.165) is 37.0 Å². The summed E-state index contributed by atoms with van der Waals surface area (Å²) in [5.41, 5.74) is 5.71. The number of rotatable bonds is 6. The van der Waals surface area contributed by atoms with Gasteiger partial charge in [-0.25, -0.2) is 4.79 Å². The topological polar surface area (TPSA) is 114 Å². The molecule has 4 atom stereocenters. The summed E-state index contributed by atoms with van der Waals surface area (Å²) < 4.78 is 12.0. The lowest BCUT2D eigenvalue weighted by Crippen LogP contribution is -2.56. The smallest absolute Gasteiger partial charge is 0.321 e. The second-order valence-electron chi connectivity index (χ2n) is 13.4. The zero-order valence-electron chi connectivity index (χ0n) is 25.6. The Morgan fingerprint density at radius 1 is 1.15 bits per heavy atom. The van der Waals surface area contributed by atoms with Gasteiger partial charge in [-0.3, -0.25) is 9.59 Å². The highest BCUT2D eigenvalue weighted by atomic mass is 28.4. The average molecular weight is 585 g/mol. The molecule has 3 aliphatic rings. The van der Waals surface area contributed by atoms with Crippen LogP contribution in [0.25, 0.3) is 0 Å². The molecule has 1 aliphatic carbocycles. The van der Waals surface area contributed by atoms with Crippen molar-refractivity contribution in [1.82, 2.24) is 15.1 Å². The van der Waals surface area contributed by atoms with Gasteiger partial charge in [0.25, 0.3) is 0 Å². The summed E-state index contributed by atoms with van der Waals surface area (Å²) in [5.74, 6) is -0.233. The van der Waals surface area contributed by atoms with E-state index in [0.29, 0.717) is 32.5 Å². The summed E-state index contributed by atoms with van der Waals surface area (Å²) in [6.45, 7) is 12.2. The Kier molecular flexibility index (Phi) is 9.23. The molecule has 2 fully saturated rings. The molecule has 0 aromatic heterocycles. The fourth-order valence-corrected chi connectivity index (χ4v) is 6.98. The molecular formula is C31H48N4O5Si. The Morgan fingerprint density at radius 2 is 1.85 bits per heavy atom. The number of primary amides is 1. The number of nitrogens with one attached hydrogen (secondary N) is 1. The molecule has 41 heavy (non-hydrogen) atoms. The van der Waals surface area contributed by atoms with E-state index >= 15 is 0 Å². The molecule has 226 valence electrons. The zero-order chi connectivity index (χ0) is 30.0. The summed E-state index contributed by atoms with van der Waals surface area (Å²) in [4.78, 5) is 44.1. The van der Waals surface area contributed by atoms with Crippen LogP contribution in [0.3, 0.4) is 0 Å². The van der Waals surface area contributed by atoms with Crippen LogP contribution in [0.5, 0.6) is 5.75 Å². The quantitative estimate of drug-likeness (QED) is 0.376. The van der Waals surface area contributed by atoms with Gasteiger partial charge in [-0.15, -0.1) is 0 Å². The lowest BCUT2D eigenvalue weighted by molar-refractivity contribution is -0.130. The minimum Gasteiger partial charge on any atom is -0.497 e. The maximum atomic E-state index is 14.3. The van der Waals surface area contributed by atoms with E-state index in [4.69, 9.17) is 14.9 Å². The predicted octanol–water partition coefficient (Wildman–Crippen LogP) is 4.57. The van der Waals surface area contributed by atoms with Crippen LogP contribution in [0.15, 0.2) is 36.4 Å². The molecule has 1 saturated heterocycles. The van der Waals surface area contributed by atoms with E-state index in [1.165, 1.54) is 0 Å². The van der Waals surface area contributed by atoms with E-state index in [9.17, 15) is 14.4 Å². The molecule has 3 N–H and O–H groups in total. The lowest BCUT2D eigenvalue weighted by atomic mass is 10.1. The normalized spacial score (nSPS) is 27.8. The van der Waals surface area contributed by atoms with Crippen LogP contribution >= 0.6 is 0 Å².